The predicted octanol–water partition coefficient (Wildman–Crippen LogP) is 2.12. The highest BCUT2D eigenvalue weighted by molar-refractivity contribution is 5.71. The zero-order valence-corrected chi connectivity index (χ0v) is 11.3. The summed E-state index contributed by atoms with van der Waals surface area (Å²) in [6.07, 6.45) is 3.07. The number of carboxylic acids is 1. The second-order valence-corrected chi connectivity index (χ2v) is 4.31. The highest BCUT2D eigenvalue weighted by atomic mass is 16.5. The molecule has 0 aliphatic carbocycles. The first-order chi connectivity index (χ1) is 9.60. The Hall–Kier alpha value is -2.50. The van der Waals surface area contributed by atoms with E-state index in [0.29, 0.717) is 12.4 Å². The van der Waals surface area contributed by atoms with Crippen molar-refractivity contribution < 1.29 is 19.4 Å². The van der Waals surface area contributed by atoms with Gasteiger partial charge in [0.1, 0.15) is 18.4 Å². The molecule has 1 aromatic carbocycles. The van der Waals surface area contributed by atoms with Gasteiger partial charge in [-0.05, 0) is 24.6 Å². The van der Waals surface area contributed by atoms with Crippen molar-refractivity contribution in [2.75, 3.05) is 7.11 Å². The zero-order chi connectivity index (χ0) is 14.5. The van der Waals surface area contributed by atoms with Crippen molar-refractivity contribution in [3.63, 3.8) is 0 Å². The lowest BCUT2D eigenvalue weighted by atomic mass is 10.2. The van der Waals surface area contributed by atoms with Gasteiger partial charge in [-0.25, -0.2) is 4.79 Å². The molecule has 0 aliphatic heterocycles. The van der Waals surface area contributed by atoms with Crippen molar-refractivity contribution in [2.24, 2.45) is 0 Å². The fourth-order valence-corrected chi connectivity index (χ4v) is 1.61. The van der Waals surface area contributed by atoms with E-state index < -0.39 is 12.0 Å². The maximum atomic E-state index is 10.8. The van der Waals surface area contributed by atoms with Gasteiger partial charge >= 0.3 is 5.97 Å². The average molecular weight is 276 g/mol. The van der Waals surface area contributed by atoms with Gasteiger partial charge in [0.25, 0.3) is 0 Å². The Morgan fingerprint density at radius 3 is 2.65 bits per heavy atom. The monoisotopic (exact) mass is 276 g/mol. The van der Waals surface area contributed by atoms with E-state index in [1.54, 1.807) is 20.2 Å². The number of aromatic nitrogens is 2. The number of methoxy groups -OCH3 is 1. The lowest BCUT2D eigenvalue weighted by molar-refractivity contribution is -0.140. The Balaban J connectivity index is 1.95. The van der Waals surface area contributed by atoms with Crippen molar-refractivity contribution in [2.45, 2.75) is 19.6 Å². The highest BCUT2D eigenvalue weighted by Crippen LogP contribution is 2.16. The molecular weight excluding hydrogens is 260 g/mol. The minimum absolute atomic E-state index is 0.386. The summed E-state index contributed by atoms with van der Waals surface area (Å²) < 4.78 is 12.0. The summed E-state index contributed by atoms with van der Waals surface area (Å²) in [7, 11) is 1.61. The third-order valence-corrected chi connectivity index (χ3v) is 2.90. The van der Waals surface area contributed by atoms with Crippen LogP contribution in [0.1, 0.15) is 18.5 Å². The van der Waals surface area contributed by atoms with E-state index in [-0.39, 0.29) is 0 Å². The Labute approximate surface area is 116 Å². The van der Waals surface area contributed by atoms with Crippen LogP contribution < -0.4 is 9.47 Å². The molecule has 106 valence electrons. The Bertz CT molecular complexity index is 577. The quantitative estimate of drug-likeness (QED) is 0.874. The molecule has 0 saturated heterocycles. The smallest absolute Gasteiger partial charge is 0.328 e. The first kappa shape index (κ1) is 13.9. The van der Waals surface area contributed by atoms with Crippen molar-refractivity contribution in [1.29, 1.82) is 0 Å². The van der Waals surface area contributed by atoms with Crippen LogP contribution >= 0.6 is 0 Å². The van der Waals surface area contributed by atoms with Crippen molar-refractivity contribution in [3.8, 4) is 11.5 Å². The lowest BCUT2D eigenvalue weighted by Crippen LogP contribution is -2.15. The fourth-order valence-electron chi connectivity index (χ4n) is 1.61. The van der Waals surface area contributed by atoms with Gasteiger partial charge < -0.3 is 14.6 Å². The molecule has 1 aromatic heterocycles. The molecule has 0 spiro atoms. The maximum absolute atomic E-state index is 10.8. The summed E-state index contributed by atoms with van der Waals surface area (Å²) in [5, 5.41) is 12.9. The molecule has 0 amide bonds. The maximum Gasteiger partial charge on any atom is 0.328 e. The van der Waals surface area contributed by atoms with E-state index in [4.69, 9.17) is 14.6 Å². The number of ether oxygens (including phenoxy) is 2. The number of benzene rings is 1. The first-order valence-electron chi connectivity index (χ1n) is 6.13. The van der Waals surface area contributed by atoms with Crippen molar-refractivity contribution >= 4 is 5.97 Å². The Morgan fingerprint density at radius 1 is 1.35 bits per heavy atom. The third kappa shape index (κ3) is 3.28. The molecule has 1 N–H and O–H groups in total. The van der Waals surface area contributed by atoms with E-state index in [1.165, 1.54) is 10.9 Å². The standard InChI is InChI=1S/C14H16N2O4/c1-10(14(17)18)16-8-13(7-15-16)20-9-11-3-5-12(19-2)6-4-11/h3-8,10H,9H2,1-2H3,(H,17,18). The molecule has 2 rings (SSSR count). The summed E-state index contributed by atoms with van der Waals surface area (Å²) >= 11 is 0. The third-order valence-electron chi connectivity index (χ3n) is 2.90. The summed E-state index contributed by atoms with van der Waals surface area (Å²) in [4.78, 5) is 10.8. The van der Waals surface area contributed by atoms with Gasteiger partial charge in [0.2, 0.25) is 0 Å². The molecule has 2 aromatic rings. The fraction of sp³-hybridized carbons (Fsp3) is 0.286. The van der Waals surface area contributed by atoms with Crippen LogP contribution in [-0.2, 0) is 11.4 Å². The van der Waals surface area contributed by atoms with Crippen LogP contribution in [0.25, 0.3) is 0 Å². The van der Waals surface area contributed by atoms with Gasteiger partial charge in [-0.3, -0.25) is 4.68 Å². The first-order valence-corrected chi connectivity index (χ1v) is 6.13. The molecule has 1 atom stereocenters. The van der Waals surface area contributed by atoms with Crippen LogP contribution in [0.5, 0.6) is 11.5 Å². The Morgan fingerprint density at radius 2 is 2.05 bits per heavy atom. The van der Waals surface area contributed by atoms with E-state index >= 15 is 0 Å². The summed E-state index contributed by atoms with van der Waals surface area (Å²) in [5.41, 5.74) is 0.991. The number of nitrogens with zero attached hydrogens (tertiary/aromatic N) is 2. The molecule has 6 nitrogen and oxygen atoms in total. The largest absolute Gasteiger partial charge is 0.497 e. The van der Waals surface area contributed by atoms with Gasteiger partial charge in [0, 0.05) is 0 Å². The number of rotatable bonds is 6. The molecule has 6 heteroatoms. The minimum Gasteiger partial charge on any atom is -0.497 e. The number of carbonyl (C=O) groups is 1. The number of hydrogen-bond donors (Lipinski definition) is 1. The van der Waals surface area contributed by atoms with Crippen molar-refractivity contribution in [1.82, 2.24) is 9.78 Å². The average Bonchev–Trinajstić information content (AvgIpc) is 2.93. The molecule has 1 unspecified atom stereocenters. The van der Waals surface area contributed by atoms with Gasteiger partial charge in [0.05, 0.1) is 19.5 Å². The van der Waals surface area contributed by atoms with E-state index in [2.05, 4.69) is 5.10 Å². The lowest BCUT2D eigenvalue weighted by Gasteiger charge is -2.06. The molecule has 0 radical (unpaired) electrons. The molecule has 0 aliphatic rings. The van der Waals surface area contributed by atoms with Crippen LogP contribution in [-0.4, -0.2) is 28.0 Å². The van der Waals surface area contributed by atoms with Gasteiger partial charge in [-0.2, -0.15) is 5.10 Å². The van der Waals surface area contributed by atoms with Crippen LogP contribution in [0, 0.1) is 0 Å². The second-order valence-electron chi connectivity index (χ2n) is 4.31. The van der Waals surface area contributed by atoms with Gasteiger partial charge in [0.15, 0.2) is 5.75 Å². The number of carboxylic acid groups (broad SMARTS) is 1. The Kier molecular flexibility index (Phi) is 4.24. The van der Waals surface area contributed by atoms with Crippen LogP contribution in [0.3, 0.4) is 0 Å². The van der Waals surface area contributed by atoms with Crippen LogP contribution in [0.4, 0.5) is 0 Å². The zero-order valence-electron chi connectivity index (χ0n) is 11.3. The topological polar surface area (TPSA) is 73.6 Å². The highest BCUT2D eigenvalue weighted by Gasteiger charge is 2.14. The van der Waals surface area contributed by atoms with Crippen LogP contribution in [0.15, 0.2) is 36.7 Å². The van der Waals surface area contributed by atoms with Crippen LogP contribution in [0.2, 0.25) is 0 Å². The summed E-state index contributed by atoms with van der Waals surface area (Å²) in [6.45, 7) is 1.94. The summed E-state index contributed by atoms with van der Waals surface area (Å²) in [6, 6.07) is 6.81. The second kappa shape index (κ2) is 6.10. The number of aliphatic carboxylic acids is 1. The SMILES string of the molecule is COc1ccc(COc2cnn(C(C)C(=O)O)c2)cc1. The molecule has 1 heterocycles. The van der Waals surface area contributed by atoms with Gasteiger partial charge in [-0.1, -0.05) is 12.1 Å². The van der Waals surface area contributed by atoms with Gasteiger partial charge in [-0.15, -0.1) is 0 Å². The van der Waals surface area contributed by atoms with E-state index in [0.717, 1.165) is 11.3 Å². The van der Waals surface area contributed by atoms with E-state index in [9.17, 15) is 4.79 Å². The van der Waals surface area contributed by atoms with E-state index in [1.807, 2.05) is 24.3 Å². The minimum atomic E-state index is -0.935. The number of hydrogen-bond acceptors (Lipinski definition) is 4. The molecule has 0 bridgehead atoms. The normalized spacial score (nSPS) is 11.9. The summed E-state index contributed by atoms with van der Waals surface area (Å²) in [5.74, 6) is 0.389. The van der Waals surface area contributed by atoms with Crippen molar-refractivity contribution in [3.05, 3.63) is 42.2 Å². The molecule has 0 saturated carbocycles. The molecule has 0 fully saturated rings. The molecule has 20 heavy (non-hydrogen) atoms. The predicted molar refractivity (Wildman–Crippen MR) is 71.9 cm³/mol. The molecular formula is C14H16N2O4.